The number of aryl methyl sites for hydroxylation is 3. The van der Waals surface area contributed by atoms with E-state index in [1.54, 1.807) is 0 Å². The molecule has 1 unspecified atom stereocenters. The van der Waals surface area contributed by atoms with Gasteiger partial charge in [0.1, 0.15) is 0 Å². The van der Waals surface area contributed by atoms with E-state index in [9.17, 15) is 5.11 Å². The molecule has 0 heterocycles. The van der Waals surface area contributed by atoms with E-state index in [0.29, 0.717) is 0 Å². The predicted octanol–water partition coefficient (Wildman–Crippen LogP) is 4.28. The van der Waals surface area contributed by atoms with Gasteiger partial charge in [-0.05, 0) is 55.9 Å². The molecule has 0 aromatic heterocycles. The zero-order valence-corrected chi connectivity index (χ0v) is 12.0. The van der Waals surface area contributed by atoms with E-state index in [2.05, 4.69) is 51.1 Å². The Kier molecular flexibility index (Phi) is 4.39. The van der Waals surface area contributed by atoms with Crippen molar-refractivity contribution in [1.82, 2.24) is 0 Å². The molecule has 0 bridgehead atoms. The molecule has 0 aliphatic carbocycles. The van der Waals surface area contributed by atoms with Crippen LogP contribution < -0.4 is 0 Å². The number of hydrogen-bond acceptors (Lipinski definition) is 1. The van der Waals surface area contributed by atoms with Crippen LogP contribution in [-0.4, -0.2) is 5.11 Å². The molecule has 2 aromatic carbocycles. The standard InChI is InChI=1S/C18H22O/c1-13-7-9-16(10-8-13)11-12-18(19)17-6-4-5-14(2)15(17)3/h4-10,18-19H,11-12H2,1-3H3. The van der Waals surface area contributed by atoms with Crippen molar-refractivity contribution in [2.75, 3.05) is 0 Å². The smallest absolute Gasteiger partial charge is 0.0795 e. The van der Waals surface area contributed by atoms with Gasteiger partial charge in [0.05, 0.1) is 6.10 Å². The molecular formula is C18H22O. The van der Waals surface area contributed by atoms with Gasteiger partial charge in [-0.1, -0.05) is 48.0 Å². The predicted molar refractivity (Wildman–Crippen MR) is 80.4 cm³/mol. The highest BCUT2D eigenvalue weighted by Crippen LogP contribution is 2.24. The molecule has 1 nitrogen and oxygen atoms in total. The van der Waals surface area contributed by atoms with Crippen LogP contribution in [0.25, 0.3) is 0 Å². The molecule has 0 saturated carbocycles. The summed E-state index contributed by atoms with van der Waals surface area (Å²) in [4.78, 5) is 0. The maximum Gasteiger partial charge on any atom is 0.0795 e. The van der Waals surface area contributed by atoms with E-state index in [1.807, 2.05) is 12.1 Å². The fourth-order valence-corrected chi connectivity index (χ4v) is 2.35. The molecule has 0 radical (unpaired) electrons. The Balaban J connectivity index is 2.03. The number of benzene rings is 2. The van der Waals surface area contributed by atoms with Gasteiger partial charge in [0.15, 0.2) is 0 Å². The Labute approximate surface area is 115 Å². The Hall–Kier alpha value is -1.60. The summed E-state index contributed by atoms with van der Waals surface area (Å²) in [6, 6.07) is 14.7. The number of hydrogen-bond donors (Lipinski definition) is 1. The highest BCUT2D eigenvalue weighted by molar-refractivity contribution is 5.34. The largest absolute Gasteiger partial charge is 0.388 e. The Morgan fingerprint density at radius 3 is 2.32 bits per heavy atom. The van der Waals surface area contributed by atoms with Crippen LogP contribution in [0.15, 0.2) is 42.5 Å². The first kappa shape index (κ1) is 13.8. The fraction of sp³-hybridized carbons (Fsp3) is 0.333. The number of aliphatic hydroxyl groups is 1. The third kappa shape index (κ3) is 3.45. The van der Waals surface area contributed by atoms with Crippen molar-refractivity contribution in [3.63, 3.8) is 0 Å². The van der Waals surface area contributed by atoms with Crippen molar-refractivity contribution < 1.29 is 5.11 Å². The lowest BCUT2D eigenvalue weighted by Gasteiger charge is -2.15. The first-order valence-corrected chi connectivity index (χ1v) is 6.87. The van der Waals surface area contributed by atoms with Crippen LogP contribution in [0, 0.1) is 20.8 Å². The summed E-state index contributed by atoms with van der Waals surface area (Å²) in [6.45, 7) is 6.26. The lowest BCUT2D eigenvalue weighted by Crippen LogP contribution is -2.03. The maximum absolute atomic E-state index is 10.3. The molecule has 0 saturated heterocycles. The highest BCUT2D eigenvalue weighted by atomic mass is 16.3. The van der Waals surface area contributed by atoms with Gasteiger partial charge < -0.3 is 5.11 Å². The zero-order valence-electron chi connectivity index (χ0n) is 12.0. The van der Waals surface area contributed by atoms with Gasteiger partial charge in [0, 0.05) is 0 Å². The van der Waals surface area contributed by atoms with E-state index in [1.165, 1.54) is 22.3 Å². The van der Waals surface area contributed by atoms with Gasteiger partial charge >= 0.3 is 0 Å². The van der Waals surface area contributed by atoms with Gasteiger partial charge in [-0.15, -0.1) is 0 Å². The van der Waals surface area contributed by atoms with Gasteiger partial charge in [0.2, 0.25) is 0 Å². The van der Waals surface area contributed by atoms with Crippen molar-refractivity contribution in [2.45, 2.75) is 39.7 Å². The second kappa shape index (κ2) is 6.03. The van der Waals surface area contributed by atoms with Gasteiger partial charge in [-0.2, -0.15) is 0 Å². The van der Waals surface area contributed by atoms with Crippen LogP contribution >= 0.6 is 0 Å². The van der Waals surface area contributed by atoms with Crippen molar-refractivity contribution >= 4 is 0 Å². The normalized spacial score (nSPS) is 12.4. The zero-order chi connectivity index (χ0) is 13.8. The number of rotatable bonds is 4. The molecule has 1 heteroatoms. The molecule has 100 valence electrons. The van der Waals surface area contributed by atoms with Gasteiger partial charge in [0.25, 0.3) is 0 Å². The van der Waals surface area contributed by atoms with E-state index < -0.39 is 0 Å². The topological polar surface area (TPSA) is 20.2 Å². The van der Waals surface area contributed by atoms with Crippen LogP contribution in [0.2, 0.25) is 0 Å². The van der Waals surface area contributed by atoms with Crippen LogP contribution in [0.1, 0.15) is 40.3 Å². The van der Waals surface area contributed by atoms with Crippen molar-refractivity contribution in [1.29, 1.82) is 0 Å². The molecule has 2 aromatic rings. The third-order valence-electron chi connectivity index (χ3n) is 3.83. The first-order chi connectivity index (χ1) is 9.08. The average molecular weight is 254 g/mol. The molecule has 1 atom stereocenters. The second-order valence-electron chi connectivity index (χ2n) is 5.33. The summed E-state index contributed by atoms with van der Waals surface area (Å²) >= 11 is 0. The molecule has 0 spiro atoms. The molecular weight excluding hydrogens is 232 g/mol. The molecule has 2 rings (SSSR count). The average Bonchev–Trinajstić information content (AvgIpc) is 2.41. The molecule has 0 amide bonds. The minimum atomic E-state index is -0.374. The Morgan fingerprint density at radius 1 is 0.947 bits per heavy atom. The molecule has 19 heavy (non-hydrogen) atoms. The van der Waals surface area contributed by atoms with E-state index in [4.69, 9.17) is 0 Å². The van der Waals surface area contributed by atoms with Crippen LogP contribution in [-0.2, 0) is 6.42 Å². The van der Waals surface area contributed by atoms with Crippen molar-refractivity contribution in [3.8, 4) is 0 Å². The quantitative estimate of drug-likeness (QED) is 0.863. The van der Waals surface area contributed by atoms with E-state index >= 15 is 0 Å². The first-order valence-electron chi connectivity index (χ1n) is 6.87. The second-order valence-corrected chi connectivity index (χ2v) is 5.33. The summed E-state index contributed by atoms with van der Waals surface area (Å²) in [5, 5.41) is 10.3. The summed E-state index contributed by atoms with van der Waals surface area (Å²) in [6.07, 6.45) is 1.31. The summed E-state index contributed by atoms with van der Waals surface area (Å²) < 4.78 is 0. The van der Waals surface area contributed by atoms with E-state index in [0.717, 1.165) is 18.4 Å². The van der Waals surface area contributed by atoms with Gasteiger partial charge in [-0.3, -0.25) is 0 Å². The number of aliphatic hydroxyl groups excluding tert-OH is 1. The Morgan fingerprint density at radius 2 is 1.63 bits per heavy atom. The minimum Gasteiger partial charge on any atom is -0.388 e. The molecule has 0 aliphatic heterocycles. The van der Waals surface area contributed by atoms with Crippen LogP contribution in [0.3, 0.4) is 0 Å². The Bertz CT molecular complexity index is 540. The third-order valence-corrected chi connectivity index (χ3v) is 3.83. The summed E-state index contributed by atoms with van der Waals surface area (Å²) in [5.41, 5.74) is 6.08. The summed E-state index contributed by atoms with van der Waals surface area (Å²) in [7, 11) is 0. The van der Waals surface area contributed by atoms with Crippen molar-refractivity contribution in [2.24, 2.45) is 0 Å². The molecule has 0 fully saturated rings. The molecule has 0 aliphatic rings. The molecule has 1 N–H and O–H groups in total. The van der Waals surface area contributed by atoms with E-state index in [-0.39, 0.29) is 6.10 Å². The van der Waals surface area contributed by atoms with Gasteiger partial charge in [-0.25, -0.2) is 0 Å². The van der Waals surface area contributed by atoms with Crippen LogP contribution in [0.4, 0.5) is 0 Å². The SMILES string of the molecule is Cc1ccc(CCC(O)c2cccc(C)c2C)cc1. The monoisotopic (exact) mass is 254 g/mol. The summed E-state index contributed by atoms with van der Waals surface area (Å²) in [5.74, 6) is 0. The lowest BCUT2D eigenvalue weighted by molar-refractivity contribution is 0.167. The minimum absolute atomic E-state index is 0.374. The van der Waals surface area contributed by atoms with Crippen molar-refractivity contribution in [3.05, 3.63) is 70.3 Å². The van der Waals surface area contributed by atoms with Crippen LogP contribution in [0.5, 0.6) is 0 Å². The lowest BCUT2D eigenvalue weighted by atomic mass is 9.95. The highest BCUT2D eigenvalue weighted by Gasteiger charge is 2.11. The fourth-order valence-electron chi connectivity index (χ4n) is 2.35. The maximum atomic E-state index is 10.3.